The van der Waals surface area contributed by atoms with Crippen molar-refractivity contribution in [2.75, 3.05) is 0 Å². The SMILES string of the molecule is Ic1nccc(C2C=CC=CC2)n1. The second kappa shape index (κ2) is 4.00. The lowest BCUT2D eigenvalue weighted by atomic mass is 9.97. The van der Waals surface area contributed by atoms with Crippen molar-refractivity contribution in [3.8, 4) is 0 Å². The quantitative estimate of drug-likeness (QED) is 0.585. The summed E-state index contributed by atoms with van der Waals surface area (Å²) >= 11 is 2.14. The molecule has 1 aromatic rings. The van der Waals surface area contributed by atoms with Crippen LogP contribution in [0.25, 0.3) is 0 Å². The Labute approximate surface area is 90.9 Å². The summed E-state index contributed by atoms with van der Waals surface area (Å²) < 4.78 is 0.818. The Morgan fingerprint density at radius 1 is 1.38 bits per heavy atom. The molecule has 0 aliphatic heterocycles. The van der Waals surface area contributed by atoms with Gasteiger partial charge in [-0.15, -0.1) is 0 Å². The Morgan fingerprint density at radius 3 is 3.00 bits per heavy atom. The summed E-state index contributed by atoms with van der Waals surface area (Å²) in [6.07, 6.45) is 11.4. The molecule has 1 aromatic heterocycles. The highest BCUT2D eigenvalue weighted by atomic mass is 127. The van der Waals surface area contributed by atoms with Gasteiger partial charge in [-0.1, -0.05) is 24.3 Å². The Morgan fingerprint density at radius 2 is 2.31 bits per heavy atom. The minimum absolute atomic E-state index is 0.432. The van der Waals surface area contributed by atoms with Crippen LogP contribution < -0.4 is 0 Å². The van der Waals surface area contributed by atoms with Crippen LogP contribution in [0, 0.1) is 3.83 Å². The Kier molecular flexibility index (Phi) is 2.73. The molecule has 3 heteroatoms. The number of aromatic nitrogens is 2. The van der Waals surface area contributed by atoms with Crippen LogP contribution >= 0.6 is 22.6 Å². The molecule has 1 aliphatic rings. The van der Waals surface area contributed by atoms with E-state index in [4.69, 9.17) is 0 Å². The van der Waals surface area contributed by atoms with E-state index in [9.17, 15) is 0 Å². The second-order valence-corrected chi connectivity index (χ2v) is 3.87. The van der Waals surface area contributed by atoms with Crippen LogP contribution in [0.4, 0.5) is 0 Å². The van der Waals surface area contributed by atoms with Crippen LogP contribution in [0.15, 0.2) is 36.6 Å². The third kappa shape index (κ3) is 2.15. The summed E-state index contributed by atoms with van der Waals surface area (Å²) in [7, 11) is 0. The minimum atomic E-state index is 0.432. The lowest BCUT2D eigenvalue weighted by Crippen LogP contribution is -2.01. The van der Waals surface area contributed by atoms with Gasteiger partial charge in [-0.05, 0) is 12.5 Å². The highest BCUT2D eigenvalue weighted by Gasteiger charge is 2.09. The molecule has 0 saturated heterocycles. The molecule has 0 amide bonds. The maximum absolute atomic E-state index is 4.39. The monoisotopic (exact) mass is 284 g/mol. The number of hydrogen-bond donors (Lipinski definition) is 0. The lowest BCUT2D eigenvalue weighted by molar-refractivity contribution is 0.800. The fourth-order valence-corrected chi connectivity index (χ4v) is 1.79. The standard InChI is InChI=1S/C10H9IN2/c11-10-12-7-6-9(13-10)8-4-2-1-3-5-8/h1-4,6-8H,5H2. The van der Waals surface area contributed by atoms with E-state index in [1.165, 1.54) is 0 Å². The first-order valence-electron chi connectivity index (χ1n) is 4.18. The van der Waals surface area contributed by atoms with Crippen molar-refractivity contribution in [1.82, 2.24) is 9.97 Å². The molecule has 0 N–H and O–H groups in total. The van der Waals surface area contributed by atoms with Gasteiger partial charge >= 0.3 is 0 Å². The van der Waals surface area contributed by atoms with Crippen LogP contribution in [0.5, 0.6) is 0 Å². The van der Waals surface area contributed by atoms with Crippen LogP contribution in [0.3, 0.4) is 0 Å². The first-order valence-corrected chi connectivity index (χ1v) is 5.26. The second-order valence-electron chi connectivity index (χ2n) is 2.91. The number of halogens is 1. The zero-order valence-electron chi connectivity index (χ0n) is 7.02. The maximum Gasteiger partial charge on any atom is 0.190 e. The smallest absolute Gasteiger partial charge is 0.190 e. The molecule has 66 valence electrons. The summed E-state index contributed by atoms with van der Waals surface area (Å²) in [6, 6.07) is 1.98. The number of allylic oxidation sites excluding steroid dienone is 4. The van der Waals surface area contributed by atoms with E-state index in [2.05, 4.69) is 56.9 Å². The van der Waals surface area contributed by atoms with Crippen molar-refractivity contribution in [1.29, 1.82) is 0 Å². The molecule has 13 heavy (non-hydrogen) atoms. The molecule has 0 bridgehead atoms. The number of nitrogens with zero attached hydrogens (tertiary/aromatic N) is 2. The van der Waals surface area contributed by atoms with Gasteiger partial charge in [0, 0.05) is 34.7 Å². The third-order valence-corrected chi connectivity index (χ3v) is 2.53. The molecule has 0 radical (unpaired) electrons. The predicted octanol–water partition coefficient (Wildman–Crippen LogP) is 2.68. The van der Waals surface area contributed by atoms with E-state index < -0.39 is 0 Å². The molecule has 2 rings (SSSR count). The van der Waals surface area contributed by atoms with Gasteiger partial charge < -0.3 is 0 Å². The molecule has 1 atom stereocenters. The van der Waals surface area contributed by atoms with Crippen molar-refractivity contribution in [3.05, 3.63) is 46.1 Å². The zero-order valence-corrected chi connectivity index (χ0v) is 9.18. The maximum atomic E-state index is 4.39. The molecule has 0 aromatic carbocycles. The van der Waals surface area contributed by atoms with Gasteiger partial charge in [0.25, 0.3) is 0 Å². The van der Waals surface area contributed by atoms with Crippen molar-refractivity contribution in [3.63, 3.8) is 0 Å². The molecule has 0 fully saturated rings. The van der Waals surface area contributed by atoms with Crippen LogP contribution in [-0.4, -0.2) is 9.97 Å². The summed E-state index contributed by atoms with van der Waals surface area (Å²) in [6.45, 7) is 0. The average molecular weight is 284 g/mol. The van der Waals surface area contributed by atoms with Gasteiger partial charge in [-0.2, -0.15) is 0 Å². The van der Waals surface area contributed by atoms with E-state index in [0.29, 0.717) is 5.92 Å². The molecule has 0 saturated carbocycles. The first-order chi connectivity index (χ1) is 6.36. The fraction of sp³-hybridized carbons (Fsp3) is 0.200. The van der Waals surface area contributed by atoms with E-state index in [1.807, 2.05) is 12.3 Å². The van der Waals surface area contributed by atoms with Crippen LogP contribution in [-0.2, 0) is 0 Å². The Bertz CT molecular complexity index is 358. The van der Waals surface area contributed by atoms with E-state index in [1.54, 1.807) is 0 Å². The molecule has 1 aliphatic carbocycles. The average Bonchev–Trinajstić information content (AvgIpc) is 2.19. The van der Waals surface area contributed by atoms with E-state index in [0.717, 1.165) is 15.9 Å². The Balaban J connectivity index is 2.25. The van der Waals surface area contributed by atoms with Crippen molar-refractivity contribution >= 4 is 22.6 Å². The largest absolute Gasteiger partial charge is 0.232 e. The molecule has 1 unspecified atom stereocenters. The molecule has 1 heterocycles. The summed E-state index contributed by atoms with van der Waals surface area (Å²) in [4.78, 5) is 8.46. The molecule has 2 nitrogen and oxygen atoms in total. The first kappa shape index (κ1) is 8.87. The molecule has 0 spiro atoms. The van der Waals surface area contributed by atoms with Gasteiger partial charge in [0.05, 0.1) is 5.69 Å². The minimum Gasteiger partial charge on any atom is -0.232 e. The summed E-state index contributed by atoms with van der Waals surface area (Å²) in [5, 5.41) is 0. The highest BCUT2D eigenvalue weighted by Crippen LogP contribution is 2.22. The summed E-state index contributed by atoms with van der Waals surface area (Å²) in [5.74, 6) is 0.432. The normalized spacial score (nSPS) is 20.5. The van der Waals surface area contributed by atoms with Crippen LogP contribution in [0.1, 0.15) is 18.0 Å². The van der Waals surface area contributed by atoms with Gasteiger partial charge in [0.1, 0.15) is 0 Å². The van der Waals surface area contributed by atoms with Gasteiger partial charge in [-0.3, -0.25) is 0 Å². The number of rotatable bonds is 1. The van der Waals surface area contributed by atoms with Crippen molar-refractivity contribution < 1.29 is 0 Å². The topological polar surface area (TPSA) is 25.8 Å². The van der Waals surface area contributed by atoms with Crippen LogP contribution in [0.2, 0.25) is 0 Å². The Hall–Kier alpha value is -0.710. The van der Waals surface area contributed by atoms with Gasteiger partial charge in [0.2, 0.25) is 0 Å². The number of hydrogen-bond acceptors (Lipinski definition) is 2. The fourth-order valence-electron chi connectivity index (χ4n) is 1.35. The third-order valence-electron chi connectivity index (χ3n) is 2.01. The predicted molar refractivity (Wildman–Crippen MR) is 60.4 cm³/mol. The van der Waals surface area contributed by atoms with Gasteiger partial charge in [0.15, 0.2) is 3.83 Å². The zero-order chi connectivity index (χ0) is 9.10. The van der Waals surface area contributed by atoms with E-state index in [-0.39, 0.29) is 0 Å². The molecular weight excluding hydrogens is 275 g/mol. The highest BCUT2D eigenvalue weighted by molar-refractivity contribution is 14.1. The van der Waals surface area contributed by atoms with Gasteiger partial charge in [-0.25, -0.2) is 9.97 Å². The lowest BCUT2D eigenvalue weighted by Gasteiger charge is -2.11. The molecular formula is C10H9IN2. The summed E-state index contributed by atoms with van der Waals surface area (Å²) in [5.41, 5.74) is 1.11. The van der Waals surface area contributed by atoms with Crippen molar-refractivity contribution in [2.45, 2.75) is 12.3 Å². The van der Waals surface area contributed by atoms with E-state index >= 15 is 0 Å². The van der Waals surface area contributed by atoms with Crippen molar-refractivity contribution in [2.24, 2.45) is 0 Å².